The highest BCUT2D eigenvalue weighted by molar-refractivity contribution is 4.99. The third kappa shape index (κ3) is 5.33. The van der Waals surface area contributed by atoms with E-state index in [-0.39, 0.29) is 0 Å². The van der Waals surface area contributed by atoms with Crippen molar-refractivity contribution < 1.29 is 0 Å². The van der Waals surface area contributed by atoms with Crippen LogP contribution >= 0.6 is 0 Å². The van der Waals surface area contributed by atoms with Crippen LogP contribution in [0.2, 0.25) is 0 Å². The second-order valence-electron chi connectivity index (χ2n) is 4.92. The molecule has 1 aliphatic carbocycles. The van der Waals surface area contributed by atoms with Crippen LogP contribution in [0.1, 0.15) is 32.6 Å². The Morgan fingerprint density at radius 3 is 2.73 bits per heavy atom. The Labute approximate surface area is 94.7 Å². The van der Waals surface area contributed by atoms with Crippen molar-refractivity contribution in [3.63, 3.8) is 0 Å². The van der Waals surface area contributed by atoms with Gasteiger partial charge in [-0.15, -0.1) is 0 Å². The summed E-state index contributed by atoms with van der Waals surface area (Å²) in [6.45, 7) is 10.7. The van der Waals surface area contributed by atoms with Gasteiger partial charge in [-0.25, -0.2) is 0 Å². The van der Waals surface area contributed by atoms with Gasteiger partial charge in [0.25, 0.3) is 0 Å². The first-order valence-corrected chi connectivity index (χ1v) is 6.28. The van der Waals surface area contributed by atoms with Crippen LogP contribution in [0.4, 0.5) is 0 Å². The van der Waals surface area contributed by atoms with Gasteiger partial charge in [0.05, 0.1) is 0 Å². The quantitative estimate of drug-likeness (QED) is 0.488. The lowest BCUT2D eigenvalue weighted by Gasteiger charge is -2.30. The third-order valence-corrected chi connectivity index (χ3v) is 3.09. The first-order valence-electron chi connectivity index (χ1n) is 6.28. The fourth-order valence-corrected chi connectivity index (χ4v) is 2.06. The molecule has 0 aliphatic heterocycles. The van der Waals surface area contributed by atoms with Gasteiger partial charge in [0.2, 0.25) is 0 Å². The molecule has 0 amide bonds. The van der Waals surface area contributed by atoms with Crippen LogP contribution < -0.4 is 5.32 Å². The Morgan fingerprint density at radius 1 is 1.47 bits per heavy atom. The molecule has 15 heavy (non-hydrogen) atoms. The largest absolute Gasteiger partial charge is 0.313 e. The minimum absolute atomic E-state index is 0.964. The zero-order valence-corrected chi connectivity index (χ0v) is 10.4. The van der Waals surface area contributed by atoms with Crippen molar-refractivity contribution in [1.82, 2.24) is 10.2 Å². The first-order chi connectivity index (χ1) is 7.22. The lowest BCUT2D eigenvalue weighted by atomic mass is 9.85. The number of hydrogen-bond acceptors (Lipinski definition) is 2. The number of rotatable bonds is 8. The maximum absolute atomic E-state index is 4.11. The van der Waals surface area contributed by atoms with Gasteiger partial charge in [0.15, 0.2) is 0 Å². The molecule has 0 heterocycles. The Kier molecular flexibility index (Phi) is 5.96. The summed E-state index contributed by atoms with van der Waals surface area (Å²) in [4.78, 5) is 2.42. The van der Waals surface area contributed by atoms with E-state index in [1.807, 2.05) is 0 Å². The van der Waals surface area contributed by atoms with Gasteiger partial charge in [0.1, 0.15) is 0 Å². The Hall–Kier alpha value is -0.340. The smallest absolute Gasteiger partial charge is 0.0199 e. The maximum Gasteiger partial charge on any atom is 0.0199 e. The lowest BCUT2D eigenvalue weighted by Crippen LogP contribution is -2.32. The average molecular weight is 210 g/mol. The van der Waals surface area contributed by atoms with Crippen LogP contribution in [0.15, 0.2) is 12.2 Å². The molecule has 1 N–H and O–H groups in total. The first kappa shape index (κ1) is 12.7. The SMILES string of the molecule is C=C(CNCCC)CN(C)CC1CCC1. The van der Waals surface area contributed by atoms with Gasteiger partial charge in [-0.2, -0.15) is 0 Å². The predicted octanol–water partition coefficient (Wildman–Crippen LogP) is 2.27. The number of hydrogen-bond donors (Lipinski definition) is 1. The summed E-state index contributed by atoms with van der Waals surface area (Å²) >= 11 is 0. The van der Waals surface area contributed by atoms with Gasteiger partial charge in [0, 0.05) is 19.6 Å². The van der Waals surface area contributed by atoms with Crippen molar-refractivity contribution in [2.24, 2.45) is 5.92 Å². The molecule has 0 radical (unpaired) electrons. The Bertz CT molecular complexity index is 185. The highest BCUT2D eigenvalue weighted by Crippen LogP contribution is 2.26. The predicted molar refractivity (Wildman–Crippen MR) is 67.1 cm³/mol. The van der Waals surface area contributed by atoms with Crippen LogP contribution in [0.5, 0.6) is 0 Å². The molecule has 0 aromatic heterocycles. The van der Waals surface area contributed by atoms with E-state index in [4.69, 9.17) is 0 Å². The monoisotopic (exact) mass is 210 g/mol. The summed E-state index contributed by atoms with van der Waals surface area (Å²) in [5.41, 5.74) is 1.31. The summed E-state index contributed by atoms with van der Waals surface area (Å²) < 4.78 is 0. The van der Waals surface area contributed by atoms with Gasteiger partial charge >= 0.3 is 0 Å². The molecule has 0 unspecified atom stereocenters. The molecule has 88 valence electrons. The summed E-state index contributed by atoms with van der Waals surface area (Å²) in [5, 5.41) is 3.40. The fraction of sp³-hybridized carbons (Fsp3) is 0.846. The van der Waals surface area contributed by atoms with Crippen LogP contribution in [-0.4, -0.2) is 38.1 Å². The molecule has 0 spiro atoms. The molecular formula is C13H26N2. The molecule has 0 bridgehead atoms. The van der Waals surface area contributed by atoms with Crippen molar-refractivity contribution in [3.8, 4) is 0 Å². The molecule has 0 saturated heterocycles. The third-order valence-electron chi connectivity index (χ3n) is 3.09. The second kappa shape index (κ2) is 7.02. The summed E-state index contributed by atoms with van der Waals surface area (Å²) in [7, 11) is 2.21. The minimum Gasteiger partial charge on any atom is -0.313 e. The van der Waals surface area contributed by atoms with E-state index >= 15 is 0 Å². The van der Waals surface area contributed by atoms with Gasteiger partial charge in [-0.3, -0.25) is 0 Å². The highest BCUT2D eigenvalue weighted by Gasteiger charge is 2.18. The van der Waals surface area contributed by atoms with E-state index in [1.165, 1.54) is 37.8 Å². The van der Waals surface area contributed by atoms with E-state index in [2.05, 4.69) is 30.8 Å². The molecule has 0 aromatic carbocycles. The van der Waals surface area contributed by atoms with Crippen LogP contribution in [0, 0.1) is 5.92 Å². The number of nitrogens with one attached hydrogen (secondary N) is 1. The molecule has 2 heteroatoms. The van der Waals surface area contributed by atoms with Crippen LogP contribution in [0.25, 0.3) is 0 Å². The summed E-state index contributed by atoms with van der Waals surface area (Å²) in [6, 6.07) is 0. The molecule has 1 aliphatic rings. The van der Waals surface area contributed by atoms with Crippen LogP contribution in [-0.2, 0) is 0 Å². The maximum atomic E-state index is 4.11. The standard InChI is InChI=1S/C13H26N2/c1-4-8-14-9-12(2)10-15(3)11-13-6-5-7-13/h13-14H,2,4-11H2,1,3H3. The molecule has 2 nitrogen and oxygen atoms in total. The summed E-state index contributed by atoms with van der Waals surface area (Å²) in [5.74, 6) is 0.964. The normalized spacial score (nSPS) is 16.7. The van der Waals surface area contributed by atoms with Gasteiger partial charge in [-0.05, 0) is 44.3 Å². The lowest BCUT2D eigenvalue weighted by molar-refractivity contribution is 0.214. The van der Waals surface area contributed by atoms with E-state index in [0.717, 1.165) is 25.6 Å². The highest BCUT2D eigenvalue weighted by atomic mass is 15.1. The van der Waals surface area contributed by atoms with Crippen molar-refractivity contribution in [2.45, 2.75) is 32.6 Å². The Morgan fingerprint density at radius 2 is 2.20 bits per heavy atom. The minimum atomic E-state index is 0.964. The average Bonchev–Trinajstić information content (AvgIpc) is 2.12. The van der Waals surface area contributed by atoms with E-state index < -0.39 is 0 Å². The Balaban J connectivity index is 2.02. The van der Waals surface area contributed by atoms with Crippen molar-refractivity contribution in [1.29, 1.82) is 0 Å². The number of likely N-dealkylation sites (N-methyl/N-ethyl adjacent to an activating group) is 1. The summed E-state index contributed by atoms with van der Waals surface area (Å²) in [6.07, 6.45) is 5.51. The molecular weight excluding hydrogens is 184 g/mol. The van der Waals surface area contributed by atoms with Crippen molar-refractivity contribution >= 4 is 0 Å². The zero-order valence-electron chi connectivity index (χ0n) is 10.4. The van der Waals surface area contributed by atoms with Crippen molar-refractivity contribution in [3.05, 3.63) is 12.2 Å². The second-order valence-corrected chi connectivity index (χ2v) is 4.92. The fourth-order valence-electron chi connectivity index (χ4n) is 2.06. The van der Waals surface area contributed by atoms with E-state index in [0.29, 0.717) is 0 Å². The van der Waals surface area contributed by atoms with Crippen molar-refractivity contribution in [2.75, 3.05) is 33.2 Å². The molecule has 1 saturated carbocycles. The molecule has 1 rings (SSSR count). The molecule has 1 fully saturated rings. The number of nitrogens with zero attached hydrogens (tertiary/aromatic N) is 1. The van der Waals surface area contributed by atoms with Crippen LogP contribution in [0.3, 0.4) is 0 Å². The van der Waals surface area contributed by atoms with Gasteiger partial charge in [-0.1, -0.05) is 19.9 Å². The van der Waals surface area contributed by atoms with Gasteiger partial charge < -0.3 is 10.2 Å². The molecule has 0 aromatic rings. The van der Waals surface area contributed by atoms with E-state index in [1.54, 1.807) is 0 Å². The zero-order chi connectivity index (χ0) is 11.1. The van der Waals surface area contributed by atoms with E-state index in [9.17, 15) is 0 Å². The topological polar surface area (TPSA) is 15.3 Å². The molecule has 0 atom stereocenters.